The zero-order chi connectivity index (χ0) is 12.6. The molecule has 0 amide bonds. The minimum Gasteiger partial charge on any atom is -0.365 e. The number of rotatable bonds is 3. The SMILES string of the molecule is CC(=O)CC1Cc2cc(Br)ccc2N1C(C)C. The Labute approximate surface area is 111 Å². The highest BCUT2D eigenvalue weighted by atomic mass is 79.9. The minimum absolute atomic E-state index is 0.271. The van der Waals surface area contributed by atoms with E-state index in [9.17, 15) is 4.79 Å². The van der Waals surface area contributed by atoms with Crippen molar-refractivity contribution in [3.63, 3.8) is 0 Å². The molecule has 1 atom stereocenters. The lowest BCUT2D eigenvalue weighted by Crippen LogP contribution is -2.38. The fraction of sp³-hybridized carbons (Fsp3) is 0.500. The van der Waals surface area contributed by atoms with Crippen LogP contribution >= 0.6 is 15.9 Å². The molecule has 0 bridgehead atoms. The summed E-state index contributed by atoms with van der Waals surface area (Å²) in [5, 5.41) is 0. The maximum atomic E-state index is 11.3. The molecule has 0 N–H and O–H groups in total. The molecule has 0 aromatic heterocycles. The number of carbonyl (C=O) groups excluding carboxylic acids is 1. The predicted molar refractivity (Wildman–Crippen MR) is 74.5 cm³/mol. The molecule has 1 heterocycles. The van der Waals surface area contributed by atoms with Crippen LogP contribution in [-0.2, 0) is 11.2 Å². The first kappa shape index (κ1) is 12.6. The van der Waals surface area contributed by atoms with Gasteiger partial charge >= 0.3 is 0 Å². The van der Waals surface area contributed by atoms with E-state index in [2.05, 4.69) is 52.9 Å². The molecule has 0 spiro atoms. The second-order valence-electron chi connectivity index (χ2n) is 5.04. The van der Waals surface area contributed by atoms with Gasteiger partial charge in [0.1, 0.15) is 5.78 Å². The molecule has 0 saturated heterocycles. The normalized spacial score (nSPS) is 18.6. The number of hydrogen-bond donors (Lipinski definition) is 0. The van der Waals surface area contributed by atoms with E-state index in [1.807, 2.05) is 0 Å². The van der Waals surface area contributed by atoms with Gasteiger partial charge in [-0.1, -0.05) is 15.9 Å². The Morgan fingerprint density at radius 1 is 1.53 bits per heavy atom. The molecule has 3 heteroatoms. The first-order chi connectivity index (χ1) is 7.99. The summed E-state index contributed by atoms with van der Waals surface area (Å²) in [5.41, 5.74) is 2.63. The number of carbonyl (C=O) groups is 1. The number of anilines is 1. The van der Waals surface area contributed by atoms with Gasteiger partial charge in [-0.2, -0.15) is 0 Å². The average Bonchev–Trinajstić information content (AvgIpc) is 2.53. The van der Waals surface area contributed by atoms with Crippen LogP contribution < -0.4 is 4.90 Å². The smallest absolute Gasteiger partial charge is 0.131 e. The monoisotopic (exact) mass is 295 g/mol. The number of fused-ring (bicyclic) bond motifs is 1. The van der Waals surface area contributed by atoms with E-state index in [0.29, 0.717) is 18.5 Å². The molecule has 1 unspecified atom stereocenters. The quantitative estimate of drug-likeness (QED) is 0.850. The molecular formula is C14H18BrNO. The summed E-state index contributed by atoms with van der Waals surface area (Å²) < 4.78 is 1.11. The second-order valence-corrected chi connectivity index (χ2v) is 5.95. The first-order valence-electron chi connectivity index (χ1n) is 6.05. The Bertz CT molecular complexity index is 442. The molecule has 0 fully saturated rings. The van der Waals surface area contributed by atoms with Gasteiger partial charge in [0.25, 0.3) is 0 Å². The average molecular weight is 296 g/mol. The highest BCUT2D eigenvalue weighted by Gasteiger charge is 2.31. The molecule has 17 heavy (non-hydrogen) atoms. The van der Waals surface area contributed by atoms with Crippen LogP contribution in [0.2, 0.25) is 0 Å². The van der Waals surface area contributed by atoms with Crippen molar-refractivity contribution in [2.45, 2.75) is 45.7 Å². The Hall–Kier alpha value is -0.830. The van der Waals surface area contributed by atoms with E-state index in [1.54, 1.807) is 6.92 Å². The van der Waals surface area contributed by atoms with E-state index < -0.39 is 0 Å². The van der Waals surface area contributed by atoms with Crippen molar-refractivity contribution < 1.29 is 4.79 Å². The summed E-state index contributed by atoms with van der Waals surface area (Å²) in [6.07, 6.45) is 1.62. The number of halogens is 1. The molecule has 2 nitrogen and oxygen atoms in total. The maximum Gasteiger partial charge on any atom is 0.131 e. The Morgan fingerprint density at radius 2 is 2.24 bits per heavy atom. The van der Waals surface area contributed by atoms with Crippen molar-refractivity contribution >= 4 is 27.4 Å². The summed E-state index contributed by atoms with van der Waals surface area (Å²) in [7, 11) is 0. The highest BCUT2D eigenvalue weighted by Crippen LogP contribution is 2.36. The molecule has 1 aromatic rings. The summed E-state index contributed by atoms with van der Waals surface area (Å²) in [5.74, 6) is 0.271. The fourth-order valence-electron chi connectivity index (χ4n) is 2.72. The Morgan fingerprint density at radius 3 is 2.82 bits per heavy atom. The van der Waals surface area contributed by atoms with Gasteiger partial charge in [0.15, 0.2) is 0 Å². The zero-order valence-electron chi connectivity index (χ0n) is 10.5. The summed E-state index contributed by atoms with van der Waals surface area (Å²) >= 11 is 3.51. The lowest BCUT2D eigenvalue weighted by Gasteiger charge is -2.31. The van der Waals surface area contributed by atoms with Crippen molar-refractivity contribution in [3.8, 4) is 0 Å². The number of nitrogens with zero attached hydrogens (tertiary/aromatic N) is 1. The van der Waals surface area contributed by atoms with Gasteiger partial charge in [0.05, 0.1) is 0 Å². The fourth-order valence-corrected chi connectivity index (χ4v) is 3.13. The molecule has 92 valence electrons. The van der Waals surface area contributed by atoms with Gasteiger partial charge in [-0.15, -0.1) is 0 Å². The van der Waals surface area contributed by atoms with Crippen molar-refractivity contribution in [3.05, 3.63) is 28.2 Å². The van der Waals surface area contributed by atoms with Crippen molar-refractivity contribution in [1.82, 2.24) is 0 Å². The number of ketones is 1. The molecule has 0 aliphatic carbocycles. The molecule has 1 aliphatic heterocycles. The van der Waals surface area contributed by atoms with E-state index >= 15 is 0 Å². The molecule has 2 rings (SSSR count). The van der Waals surface area contributed by atoms with Crippen LogP contribution in [0, 0.1) is 0 Å². The molecule has 0 saturated carbocycles. The minimum atomic E-state index is 0.271. The van der Waals surface area contributed by atoms with Crippen molar-refractivity contribution in [1.29, 1.82) is 0 Å². The number of Topliss-reactive ketones (excluding diaryl/α,β-unsaturated/α-hetero) is 1. The van der Waals surface area contributed by atoms with Gasteiger partial charge in [0.2, 0.25) is 0 Å². The predicted octanol–water partition coefficient (Wildman–Crippen LogP) is 3.57. The topological polar surface area (TPSA) is 20.3 Å². The van der Waals surface area contributed by atoms with Crippen LogP contribution in [0.5, 0.6) is 0 Å². The first-order valence-corrected chi connectivity index (χ1v) is 6.84. The maximum absolute atomic E-state index is 11.3. The van der Waals surface area contributed by atoms with Crippen LogP contribution in [0.4, 0.5) is 5.69 Å². The van der Waals surface area contributed by atoms with Gasteiger partial charge in [-0.3, -0.25) is 4.79 Å². The van der Waals surface area contributed by atoms with Crippen molar-refractivity contribution in [2.24, 2.45) is 0 Å². The molecule has 1 aromatic carbocycles. The van der Waals surface area contributed by atoms with Crippen LogP contribution in [0.3, 0.4) is 0 Å². The van der Waals surface area contributed by atoms with Gasteiger partial charge in [0, 0.05) is 28.7 Å². The largest absolute Gasteiger partial charge is 0.365 e. The summed E-state index contributed by atoms with van der Waals surface area (Å²) in [4.78, 5) is 13.7. The van der Waals surface area contributed by atoms with Gasteiger partial charge in [-0.05, 0) is 51.0 Å². The van der Waals surface area contributed by atoms with Crippen LogP contribution in [0.25, 0.3) is 0 Å². The lowest BCUT2D eigenvalue weighted by molar-refractivity contribution is -0.117. The van der Waals surface area contributed by atoms with E-state index in [1.165, 1.54) is 11.3 Å². The van der Waals surface area contributed by atoms with E-state index in [0.717, 1.165) is 10.9 Å². The van der Waals surface area contributed by atoms with Crippen LogP contribution in [0.15, 0.2) is 22.7 Å². The summed E-state index contributed by atoms with van der Waals surface area (Å²) in [6, 6.07) is 7.16. The summed E-state index contributed by atoms with van der Waals surface area (Å²) in [6.45, 7) is 6.05. The van der Waals surface area contributed by atoms with E-state index in [-0.39, 0.29) is 5.78 Å². The molecule has 1 aliphatic rings. The standard InChI is InChI=1S/C14H18BrNO/c1-9(2)16-13(6-10(3)17)8-11-7-12(15)4-5-14(11)16/h4-5,7,9,13H,6,8H2,1-3H3. The Balaban J connectivity index is 2.33. The van der Waals surface area contributed by atoms with Gasteiger partial charge in [-0.25, -0.2) is 0 Å². The third kappa shape index (κ3) is 2.54. The third-order valence-corrected chi connectivity index (χ3v) is 3.74. The Kier molecular flexibility index (Phi) is 3.57. The van der Waals surface area contributed by atoms with Crippen LogP contribution in [-0.4, -0.2) is 17.9 Å². The zero-order valence-corrected chi connectivity index (χ0v) is 12.1. The third-order valence-electron chi connectivity index (χ3n) is 3.25. The van der Waals surface area contributed by atoms with Crippen molar-refractivity contribution in [2.75, 3.05) is 4.90 Å². The van der Waals surface area contributed by atoms with Crippen LogP contribution in [0.1, 0.15) is 32.8 Å². The highest BCUT2D eigenvalue weighted by molar-refractivity contribution is 9.10. The molecule has 0 radical (unpaired) electrons. The molecular weight excluding hydrogens is 278 g/mol. The van der Waals surface area contributed by atoms with E-state index in [4.69, 9.17) is 0 Å². The lowest BCUT2D eigenvalue weighted by atomic mass is 10.1. The van der Waals surface area contributed by atoms with Gasteiger partial charge < -0.3 is 4.90 Å². The second kappa shape index (κ2) is 4.81. The number of benzene rings is 1. The number of hydrogen-bond acceptors (Lipinski definition) is 2.